The molecule has 0 aliphatic carbocycles. The van der Waals surface area contributed by atoms with E-state index in [0.29, 0.717) is 24.1 Å². The molecule has 0 aromatic heterocycles. The van der Waals surface area contributed by atoms with Crippen molar-refractivity contribution in [2.45, 2.75) is 51.8 Å². The van der Waals surface area contributed by atoms with Gasteiger partial charge in [0.25, 0.3) is 0 Å². The molecule has 92 valence electrons. The molecule has 4 atom stereocenters. The van der Waals surface area contributed by atoms with Gasteiger partial charge in [-0.25, -0.2) is 0 Å². The smallest absolute Gasteiger partial charge is 0.157 e. The van der Waals surface area contributed by atoms with Gasteiger partial charge in [0, 0.05) is 12.4 Å². The van der Waals surface area contributed by atoms with Crippen LogP contribution in [-0.4, -0.2) is 35.7 Å². The highest BCUT2D eigenvalue weighted by Crippen LogP contribution is 2.23. The van der Waals surface area contributed by atoms with E-state index in [9.17, 15) is 0 Å². The van der Waals surface area contributed by atoms with E-state index in [0.717, 1.165) is 11.8 Å². The Labute approximate surface area is 102 Å². The number of nitrogens with zero attached hydrogens (tertiary/aromatic N) is 1. The number of thioether (sulfide) groups is 1. The van der Waals surface area contributed by atoms with Crippen molar-refractivity contribution in [3.8, 4) is 0 Å². The van der Waals surface area contributed by atoms with Crippen LogP contribution in [0.2, 0.25) is 0 Å². The predicted octanol–water partition coefficient (Wildman–Crippen LogP) is 2.27. The fraction of sp³-hybridized carbons (Fsp3) is 0.917. The quantitative estimate of drug-likeness (QED) is 0.806. The molecule has 4 heteroatoms. The second-order valence-corrected chi connectivity index (χ2v) is 5.96. The zero-order chi connectivity index (χ0) is 11.5. The monoisotopic (exact) mass is 242 g/mol. The zero-order valence-electron chi connectivity index (χ0n) is 10.4. The Kier molecular flexibility index (Phi) is 4.14. The predicted molar refractivity (Wildman–Crippen MR) is 70.1 cm³/mol. The average molecular weight is 242 g/mol. The molecular formula is C12H22N2OS. The molecule has 1 fully saturated rings. The number of aliphatic imine (C=N–C) groups is 1. The van der Waals surface area contributed by atoms with Crippen LogP contribution in [0.15, 0.2) is 4.99 Å². The van der Waals surface area contributed by atoms with Gasteiger partial charge in [0.15, 0.2) is 5.17 Å². The van der Waals surface area contributed by atoms with Crippen LogP contribution < -0.4 is 5.32 Å². The zero-order valence-corrected chi connectivity index (χ0v) is 11.2. The van der Waals surface area contributed by atoms with Gasteiger partial charge in [-0.3, -0.25) is 4.99 Å². The summed E-state index contributed by atoms with van der Waals surface area (Å²) in [7, 11) is 0. The molecule has 2 aliphatic rings. The Balaban J connectivity index is 1.86. The maximum absolute atomic E-state index is 5.68. The Hall–Kier alpha value is -0.220. The highest BCUT2D eigenvalue weighted by molar-refractivity contribution is 8.13. The first-order chi connectivity index (χ1) is 7.66. The van der Waals surface area contributed by atoms with Crippen molar-refractivity contribution >= 4 is 16.9 Å². The summed E-state index contributed by atoms with van der Waals surface area (Å²) in [6.45, 7) is 7.58. The van der Waals surface area contributed by atoms with E-state index >= 15 is 0 Å². The number of nitrogens with one attached hydrogen (secondary N) is 1. The summed E-state index contributed by atoms with van der Waals surface area (Å²) in [5.74, 6) is 1.86. The maximum atomic E-state index is 5.68. The Morgan fingerprint density at radius 3 is 2.94 bits per heavy atom. The van der Waals surface area contributed by atoms with E-state index in [2.05, 4.69) is 31.1 Å². The van der Waals surface area contributed by atoms with Gasteiger partial charge in [-0.2, -0.15) is 0 Å². The minimum absolute atomic E-state index is 0.373. The van der Waals surface area contributed by atoms with Crippen LogP contribution >= 0.6 is 11.8 Å². The Morgan fingerprint density at radius 1 is 1.50 bits per heavy atom. The minimum atomic E-state index is 0.373. The van der Waals surface area contributed by atoms with E-state index in [1.165, 1.54) is 18.6 Å². The topological polar surface area (TPSA) is 33.6 Å². The van der Waals surface area contributed by atoms with Gasteiger partial charge in [0.2, 0.25) is 0 Å². The van der Waals surface area contributed by atoms with Crippen molar-refractivity contribution in [3.05, 3.63) is 0 Å². The number of hydrogen-bond donors (Lipinski definition) is 1. The van der Waals surface area contributed by atoms with Crippen molar-refractivity contribution in [1.29, 1.82) is 0 Å². The fourth-order valence-corrected chi connectivity index (χ4v) is 3.27. The van der Waals surface area contributed by atoms with E-state index in [-0.39, 0.29) is 0 Å². The summed E-state index contributed by atoms with van der Waals surface area (Å²) in [6, 6.07) is 0.829. The molecule has 0 bridgehead atoms. The first-order valence-corrected chi connectivity index (χ1v) is 7.24. The van der Waals surface area contributed by atoms with Gasteiger partial charge < -0.3 is 10.1 Å². The molecule has 0 saturated carbocycles. The Bertz CT molecular complexity index is 264. The molecule has 0 amide bonds. The highest BCUT2D eigenvalue weighted by Gasteiger charge is 2.25. The van der Waals surface area contributed by atoms with E-state index in [4.69, 9.17) is 4.74 Å². The number of rotatable bonds is 2. The van der Waals surface area contributed by atoms with Gasteiger partial charge in [-0.05, 0) is 32.6 Å². The van der Waals surface area contributed by atoms with Gasteiger partial charge >= 0.3 is 0 Å². The molecule has 3 nitrogen and oxygen atoms in total. The lowest BCUT2D eigenvalue weighted by Gasteiger charge is -2.27. The summed E-state index contributed by atoms with van der Waals surface area (Å²) in [5, 5.41) is 4.60. The molecule has 0 aromatic carbocycles. The first kappa shape index (κ1) is 12.2. The number of amidine groups is 1. The Morgan fingerprint density at radius 2 is 2.31 bits per heavy atom. The van der Waals surface area contributed by atoms with Gasteiger partial charge in [0.1, 0.15) is 0 Å². The second-order valence-electron chi connectivity index (χ2n) is 4.95. The molecule has 1 saturated heterocycles. The molecule has 0 spiro atoms. The fourth-order valence-electron chi connectivity index (χ4n) is 2.06. The summed E-state index contributed by atoms with van der Waals surface area (Å²) < 4.78 is 5.68. The number of hydrogen-bond acceptors (Lipinski definition) is 4. The third-order valence-electron chi connectivity index (χ3n) is 3.50. The van der Waals surface area contributed by atoms with E-state index < -0.39 is 0 Å². The minimum Gasteiger partial charge on any atom is -0.376 e. The van der Waals surface area contributed by atoms with Crippen LogP contribution in [0.1, 0.15) is 33.6 Å². The van der Waals surface area contributed by atoms with Gasteiger partial charge in [0.05, 0.1) is 18.2 Å². The van der Waals surface area contributed by atoms with Crippen LogP contribution in [0.5, 0.6) is 0 Å². The lowest BCUT2D eigenvalue weighted by Crippen LogP contribution is -2.41. The SMILES string of the molecule is CC1CSC(NC(C)C2CCCO2)=NC1C. The van der Waals surface area contributed by atoms with Crippen molar-refractivity contribution in [2.75, 3.05) is 12.4 Å². The second kappa shape index (κ2) is 5.41. The molecule has 16 heavy (non-hydrogen) atoms. The molecule has 4 unspecified atom stereocenters. The standard InChI is InChI=1S/C12H22N2OS/c1-8-7-16-12(13-9(8)2)14-10(3)11-5-4-6-15-11/h8-11H,4-7H2,1-3H3,(H,13,14). The highest BCUT2D eigenvalue weighted by atomic mass is 32.2. The van der Waals surface area contributed by atoms with Crippen molar-refractivity contribution in [3.63, 3.8) is 0 Å². The van der Waals surface area contributed by atoms with Crippen LogP contribution in [0, 0.1) is 5.92 Å². The maximum Gasteiger partial charge on any atom is 0.157 e. The molecule has 2 rings (SSSR count). The van der Waals surface area contributed by atoms with Gasteiger partial charge in [-0.1, -0.05) is 18.7 Å². The molecule has 2 heterocycles. The summed E-state index contributed by atoms with van der Waals surface area (Å²) >= 11 is 1.85. The van der Waals surface area contributed by atoms with Crippen LogP contribution in [-0.2, 0) is 4.74 Å². The lowest BCUT2D eigenvalue weighted by atomic mass is 10.1. The summed E-state index contributed by atoms with van der Waals surface area (Å²) in [5.41, 5.74) is 0. The molecular weight excluding hydrogens is 220 g/mol. The molecule has 2 aliphatic heterocycles. The van der Waals surface area contributed by atoms with Crippen molar-refractivity contribution in [2.24, 2.45) is 10.9 Å². The molecule has 0 aromatic rings. The first-order valence-electron chi connectivity index (χ1n) is 6.25. The normalized spacial score (nSPS) is 36.9. The van der Waals surface area contributed by atoms with Crippen molar-refractivity contribution in [1.82, 2.24) is 5.32 Å². The van der Waals surface area contributed by atoms with Crippen LogP contribution in [0.3, 0.4) is 0 Å². The molecule has 1 N–H and O–H groups in total. The largest absolute Gasteiger partial charge is 0.376 e. The summed E-state index contributed by atoms with van der Waals surface area (Å²) in [6.07, 6.45) is 2.75. The molecule has 0 radical (unpaired) electrons. The third-order valence-corrected chi connectivity index (χ3v) is 4.69. The van der Waals surface area contributed by atoms with Crippen LogP contribution in [0.25, 0.3) is 0 Å². The summed E-state index contributed by atoms with van der Waals surface area (Å²) in [4.78, 5) is 4.69. The number of ether oxygens (including phenoxy) is 1. The van der Waals surface area contributed by atoms with Gasteiger partial charge in [-0.15, -0.1) is 0 Å². The third kappa shape index (κ3) is 2.92. The lowest BCUT2D eigenvalue weighted by molar-refractivity contribution is 0.0895. The van der Waals surface area contributed by atoms with E-state index in [1.54, 1.807) is 0 Å². The van der Waals surface area contributed by atoms with Crippen LogP contribution in [0.4, 0.5) is 0 Å². The van der Waals surface area contributed by atoms with E-state index in [1.807, 2.05) is 11.8 Å². The van der Waals surface area contributed by atoms with Crippen molar-refractivity contribution < 1.29 is 4.74 Å². The average Bonchev–Trinajstić information content (AvgIpc) is 2.77.